The van der Waals surface area contributed by atoms with E-state index in [0.29, 0.717) is 0 Å². The Labute approximate surface area is 114 Å². The van der Waals surface area contributed by atoms with E-state index in [1.165, 1.54) is 36.9 Å². The van der Waals surface area contributed by atoms with Gasteiger partial charge in [-0.15, -0.1) is 0 Å². The molecule has 0 amide bonds. The SMILES string of the molecule is Cc1cccc(N2C(N)=NCC23CC2CCC3C2)c1. The highest BCUT2D eigenvalue weighted by molar-refractivity contribution is 5.98. The number of nitrogens with zero attached hydrogens (tertiary/aromatic N) is 2. The van der Waals surface area contributed by atoms with Gasteiger partial charge in [-0.1, -0.05) is 12.1 Å². The molecule has 0 saturated heterocycles. The Morgan fingerprint density at radius 3 is 2.95 bits per heavy atom. The summed E-state index contributed by atoms with van der Waals surface area (Å²) in [4.78, 5) is 6.95. The van der Waals surface area contributed by atoms with Crippen LogP contribution in [0.25, 0.3) is 0 Å². The topological polar surface area (TPSA) is 41.6 Å². The van der Waals surface area contributed by atoms with Crippen LogP contribution in [-0.2, 0) is 0 Å². The molecule has 3 heteroatoms. The molecule has 3 atom stereocenters. The molecule has 1 heterocycles. The largest absolute Gasteiger partial charge is 0.369 e. The van der Waals surface area contributed by atoms with E-state index in [4.69, 9.17) is 5.73 Å². The van der Waals surface area contributed by atoms with Crippen LogP contribution in [0.15, 0.2) is 29.3 Å². The van der Waals surface area contributed by atoms with Crippen LogP contribution in [0, 0.1) is 18.8 Å². The lowest BCUT2D eigenvalue weighted by Gasteiger charge is -2.42. The van der Waals surface area contributed by atoms with E-state index in [0.717, 1.165) is 24.3 Å². The lowest BCUT2D eigenvalue weighted by Crippen LogP contribution is -2.55. The minimum atomic E-state index is 0.195. The second-order valence-electron chi connectivity index (χ2n) is 6.53. The van der Waals surface area contributed by atoms with Gasteiger partial charge in [0.15, 0.2) is 5.96 Å². The van der Waals surface area contributed by atoms with Crippen molar-refractivity contribution in [2.75, 3.05) is 11.4 Å². The van der Waals surface area contributed by atoms with E-state index in [1.54, 1.807) is 0 Å². The average Bonchev–Trinajstić information content (AvgIpc) is 3.05. The lowest BCUT2D eigenvalue weighted by molar-refractivity contribution is 0.293. The minimum Gasteiger partial charge on any atom is -0.369 e. The molecule has 100 valence electrons. The van der Waals surface area contributed by atoms with Crippen LogP contribution in [0.5, 0.6) is 0 Å². The Kier molecular flexibility index (Phi) is 2.23. The first-order valence-corrected chi connectivity index (χ1v) is 7.36. The Bertz CT molecular complexity index is 551. The Balaban J connectivity index is 1.78. The fraction of sp³-hybridized carbons (Fsp3) is 0.562. The second kappa shape index (κ2) is 3.75. The number of rotatable bonds is 1. The Morgan fingerprint density at radius 1 is 1.37 bits per heavy atom. The maximum atomic E-state index is 6.22. The van der Waals surface area contributed by atoms with Gasteiger partial charge >= 0.3 is 0 Å². The molecule has 3 unspecified atom stereocenters. The maximum absolute atomic E-state index is 6.22. The van der Waals surface area contributed by atoms with Crippen LogP contribution in [0.2, 0.25) is 0 Å². The number of benzene rings is 1. The molecule has 2 N–H and O–H groups in total. The van der Waals surface area contributed by atoms with Crippen molar-refractivity contribution in [3.63, 3.8) is 0 Å². The summed E-state index contributed by atoms with van der Waals surface area (Å²) in [5.74, 6) is 2.40. The quantitative estimate of drug-likeness (QED) is 0.838. The number of anilines is 1. The van der Waals surface area contributed by atoms with Crippen LogP contribution in [0.3, 0.4) is 0 Å². The molecule has 0 radical (unpaired) electrons. The molecule has 1 aromatic carbocycles. The van der Waals surface area contributed by atoms with Crippen LogP contribution in [0.1, 0.15) is 31.2 Å². The standard InChI is InChI=1S/C16H21N3/c1-11-3-2-4-14(7-11)19-15(17)18-10-16(19)9-12-5-6-13(16)8-12/h2-4,7,12-13H,5-6,8-10H2,1H3,(H2,17,18). The smallest absolute Gasteiger partial charge is 0.196 e. The molecule has 19 heavy (non-hydrogen) atoms. The monoisotopic (exact) mass is 255 g/mol. The molecule has 2 fully saturated rings. The molecular weight excluding hydrogens is 234 g/mol. The third-order valence-corrected chi connectivity index (χ3v) is 5.39. The summed E-state index contributed by atoms with van der Waals surface area (Å²) in [5, 5.41) is 0. The summed E-state index contributed by atoms with van der Waals surface area (Å²) in [7, 11) is 0. The molecule has 3 aliphatic rings. The van der Waals surface area contributed by atoms with Crippen molar-refractivity contribution in [3.8, 4) is 0 Å². The fourth-order valence-electron chi connectivity index (χ4n) is 4.63. The Hall–Kier alpha value is -1.51. The minimum absolute atomic E-state index is 0.195. The van der Waals surface area contributed by atoms with Gasteiger partial charge < -0.3 is 10.6 Å². The van der Waals surface area contributed by atoms with Gasteiger partial charge in [0.1, 0.15) is 0 Å². The van der Waals surface area contributed by atoms with Crippen molar-refractivity contribution < 1.29 is 0 Å². The molecule has 2 saturated carbocycles. The van der Waals surface area contributed by atoms with Crippen LogP contribution in [0.4, 0.5) is 5.69 Å². The first-order chi connectivity index (χ1) is 9.19. The molecule has 2 bridgehead atoms. The van der Waals surface area contributed by atoms with E-state index in [2.05, 4.69) is 41.1 Å². The normalized spacial score (nSPS) is 36.3. The zero-order valence-corrected chi connectivity index (χ0v) is 11.5. The van der Waals surface area contributed by atoms with E-state index in [1.807, 2.05) is 0 Å². The molecule has 4 rings (SSSR count). The van der Waals surface area contributed by atoms with Crippen molar-refractivity contribution >= 4 is 11.6 Å². The predicted molar refractivity (Wildman–Crippen MR) is 78.3 cm³/mol. The summed E-state index contributed by atoms with van der Waals surface area (Å²) < 4.78 is 0. The van der Waals surface area contributed by atoms with Crippen LogP contribution >= 0.6 is 0 Å². The highest BCUT2D eigenvalue weighted by Crippen LogP contribution is 2.55. The zero-order valence-electron chi connectivity index (χ0n) is 11.5. The third-order valence-electron chi connectivity index (χ3n) is 5.39. The maximum Gasteiger partial charge on any atom is 0.196 e. The van der Waals surface area contributed by atoms with E-state index < -0.39 is 0 Å². The van der Waals surface area contributed by atoms with E-state index in [9.17, 15) is 0 Å². The van der Waals surface area contributed by atoms with Gasteiger partial charge in [-0.25, -0.2) is 0 Å². The van der Waals surface area contributed by atoms with Gasteiger partial charge in [-0.05, 0) is 62.1 Å². The lowest BCUT2D eigenvalue weighted by atomic mass is 9.80. The number of hydrogen-bond acceptors (Lipinski definition) is 3. The molecule has 3 nitrogen and oxygen atoms in total. The van der Waals surface area contributed by atoms with Gasteiger partial charge in [-0.3, -0.25) is 4.99 Å². The highest BCUT2D eigenvalue weighted by atomic mass is 15.4. The summed E-state index contributed by atoms with van der Waals surface area (Å²) in [5.41, 5.74) is 8.93. The Morgan fingerprint density at radius 2 is 2.26 bits per heavy atom. The van der Waals surface area contributed by atoms with Crippen molar-refractivity contribution in [2.45, 2.75) is 38.1 Å². The molecule has 1 aliphatic heterocycles. The fourth-order valence-corrected chi connectivity index (χ4v) is 4.63. The van der Waals surface area contributed by atoms with Crippen LogP contribution < -0.4 is 10.6 Å². The zero-order chi connectivity index (χ0) is 13.0. The van der Waals surface area contributed by atoms with Crippen molar-refractivity contribution in [2.24, 2.45) is 22.6 Å². The highest BCUT2D eigenvalue weighted by Gasteiger charge is 2.57. The van der Waals surface area contributed by atoms with Crippen molar-refractivity contribution in [1.82, 2.24) is 0 Å². The molecule has 2 aliphatic carbocycles. The summed E-state index contributed by atoms with van der Waals surface area (Å²) >= 11 is 0. The summed E-state index contributed by atoms with van der Waals surface area (Å²) in [6.07, 6.45) is 5.42. The number of aliphatic imine (C=N–C) groups is 1. The number of guanidine groups is 1. The summed E-state index contributed by atoms with van der Waals surface area (Å²) in [6, 6.07) is 8.67. The third kappa shape index (κ3) is 1.47. The second-order valence-corrected chi connectivity index (χ2v) is 6.53. The predicted octanol–water partition coefficient (Wildman–Crippen LogP) is 2.69. The molecule has 1 aromatic rings. The first kappa shape index (κ1) is 11.3. The molecule has 1 spiro atoms. The average molecular weight is 255 g/mol. The van der Waals surface area contributed by atoms with Crippen molar-refractivity contribution in [3.05, 3.63) is 29.8 Å². The van der Waals surface area contributed by atoms with Gasteiger partial charge in [0.05, 0.1) is 12.1 Å². The van der Waals surface area contributed by atoms with Crippen molar-refractivity contribution in [1.29, 1.82) is 0 Å². The van der Waals surface area contributed by atoms with Gasteiger partial charge in [0.25, 0.3) is 0 Å². The first-order valence-electron chi connectivity index (χ1n) is 7.36. The molecule has 0 aromatic heterocycles. The van der Waals surface area contributed by atoms with E-state index in [-0.39, 0.29) is 5.54 Å². The number of nitrogens with two attached hydrogens (primary N) is 1. The number of fused-ring (bicyclic) bond motifs is 3. The molecular formula is C16H21N3. The van der Waals surface area contributed by atoms with Gasteiger partial charge in [0.2, 0.25) is 0 Å². The van der Waals surface area contributed by atoms with Gasteiger partial charge in [0, 0.05) is 5.69 Å². The number of aryl methyl sites for hydroxylation is 1. The number of hydrogen-bond donors (Lipinski definition) is 1. The van der Waals surface area contributed by atoms with E-state index >= 15 is 0 Å². The summed E-state index contributed by atoms with van der Waals surface area (Å²) in [6.45, 7) is 3.04. The van der Waals surface area contributed by atoms with Gasteiger partial charge in [-0.2, -0.15) is 0 Å². The van der Waals surface area contributed by atoms with Crippen LogP contribution in [-0.4, -0.2) is 18.0 Å².